The van der Waals surface area contributed by atoms with Gasteiger partial charge < -0.3 is 10.0 Å². The minimum atomic E-state index is -0.726. The molecular weight excluding hydrogens is 544 g/mol. The molecule has 1 aromatic heterocycles. The molecule has 1 aromatic rings. The van der Waals surface area contributed by atoms with Gasteiger partial charge in [0.1, 0.15) is 21.8 Å². The molecular formula is C30H42N4O4S2. The van der Waals surface area contributed by atoms with Crippen molar-refractivity contribution in [2.75, 3.05) is 24.5 Å². The number of carbonyl (C=O) groups is 2. The molecule has 0 bridgehead atoms. The van der Waals surface area contributed by atoms with E-state index in [1.54, 1.807) is 16.4 Å². The summed E-state index contributed by atoms with van der Waals surface area (Å²) in [6, 6.07) is 2.11. The zero-order chi connectivity index (χ0) is 29.1. The van der Waals surface area contributed by atoms with E-state index in [0.717, 1.165) is 102 Å². The molecule has 40 heavy (non-hydrogen) atoms. The molecule has 1 N–H and O–H groups in total. The van der Waals surface area contributed by atoms with Crippen molar-refractivity contribution in [1.29, 1.82) is 5.26 Å². The number of thiocarbonyl (C=S) groups is 1. The molecule has 2 aliphatic rings. The fraction of sp³-hybridized carbons (Fsp3) is 0.633. The van der Waals surface area contributed by atoms with Crippen molar-refractivity contribution < 1.29 is 14.7 Å². The molecule has 0 atom stereocenters. The quantitative estimate of drug-likeness (QED) is 0.155. The summed E-state index contributed by atoms with van der Waals surface area (Å²) in [6.07, 6.45) is 14.4. The van der Waals surface area contributed by atoms with Crippen LogP contribution < -0.4 is 10.5 Å². The summed E-state index contributed by atoms with van der Waals surface area (Å²) < 4.78 is 2.24. The maximum Gasteiger partial charge on any atom is 0.303 e. The van der Waals surface area contributed by atoms with Gasteiger partial charge in [-0.1, -0.05) is 75.3 Å². The molecule has 2 aliphatic heterocycles. The van der Waals surface area contributed by atoms with E-state index in [9.17, 15) is 19.6 Å². The number of aliphatic carboxylic acids is 1. The second-order valence-corrected chi connectivity index (χ2v) is 12.3. The van der Waals surface area contributed by atoms with Crippen LogP contribution in [0.15, 0.2) is 9.70 Å². The van der Waals surface area contributed by atoms with Gasteiger partial charge in [-0.2, -0.15) is 5.26 Å². The van der Waals surface area contributed by atoms with E-state index in [4.69, 9.17) is 17.3 Å². The van der Waals surface area contributed by atoms with Gasteiger partial charge in [0.05, 0.1) is 4.91 Å². The molecule has 8 nitrogen and oxygen atoms in total. The number of aromatic nitrogens is 1. The standard InChI is InChI=1S/C30H42N4O4S2/c1-3-33-27(32-17-13-10-11-14-18-32)23(22(2)24(21-31)28(33)37)20-25-29(38)34(30(39)40-25)19-15-9-7-5-4-6-8-12-16-26(35)36/h20H,3-19H2,1-2H3,(H,35,36). The Balaban J connectivity index is 1.70. The van der Waals surface area contributed by atoms with Crippen LogP contribution in [0, 0.1) is 18.3 Å². The number of carboxylic acid groups (broad SMARTS) is 1. The monoisotopic (exact) mass is 586 g/mol. The summed E-state index contributed by atoms with van der Waals surface area (Å²) in [5, 5.41) is 18.5. The van der Waals surface area contributed by atoms with E-state index in [1.807, 2.05) is 13.0 Å². The molecule has 0 spiro atoms. The number of carboxylic acids is 1. The minimum Gasteiger partial charge on any atom is -0.481 e. The Labute approximate surface area is 247 Å². The van der Waals surface area contributed by atoms with Crippen molar-refractivity contribution in [3.8, 4) is 6.07 Å². The average Bonchev–Trinajstić information content (AvgIpc) is 3.09. The van der Waals surface area contributed by atoms with E-state index in [2.05, 4.69) is 11.0 Å². The Hall–Kier alpha value is -2.64. The van der Waals surface area contributed by atoms with Crippen molar-refractivity contribution in [2.24, 2.45) is 0 Å². The van der Waals surface area contributed by atoms with Crippen LogP contribution >= 0.6 is 24.0 Å². The summed E-state index contributed by atoms with van der Waals surface area (Å²) in [5.74, 6) is -0.0306. The molecule has 2 saturated heterocycles. The molecule has 3 rings (SSSR count). The summed E-state index contributed by atoms with van der Waals surface area (Å²) in [6.45, 7) is 6.44. The third kappa shape index (κ3) is 8.20. The van der Waals surface area contributed by atoms with Crippen LogP contribution in [-0.2, 0) is 16.1 Å². The molecule has 0 aromatic carbocycles. The SMILES string of the molecule is CCn1c(N2CCCCCC2)c(C=C2SC(=S)N(CCCCCCCCCCC(=O)O)C2=O)c(C)c(C#N)c1=O. The molecule has 0 saturated carbocycles. The first-order chi connectivity index (χ1) is 19.3. The first kappa shape index (κ1) is 31.9. The van der Waals surface area contributed by atoms with Crippen LogP contribution in [-0.4, -0.2) is 50.4 Å². The lowest BCUT2D eigenvalue weighted by molar-refractivity contribution is -0.137. The smallest absolute Gasteiger partial charge is 0.303 e. The maximum atomic E-state index is 13.4. The van der Waals surface area contributed by atoms with Crippen molar-refractivity contribution in [1.82, 2.24) is 9.47 Å². The lowest BCUT2D eigenvalue weighted by atomic mass is 10.0. The van der Waals surface area contributed by atoms with Crippen molar-refractivity contribution in [3.05, 3.63) is 31.9 Å². The largest absolute Gasteiger partial charge is 0.481 e. The molecule has 0 unspecified atom stereocenters. The van der Waals surface area contributed by atoms with Crippen LogP contribution in [0.2, 0.25) is 0 Å². The van der Waals surface area contributed by atoms with Crippen molar-refractivity contribution >= 4 is 52.1 Å². The average molecular weight is 587 g/mol. The third-order valence-electron chi connectivity index (χ3n) is 7.74. The number of hydrogen-bond donors (Lipinski definition) is 1. The number of thioether (sulfide) groups is 1. The van der Waals surface area contributed by atoms with Crippen LogP contribution in [0.5, 0.6) is 0 Å². The molecule has 0 aliphatic carbocycles. The number of amides is 1. The Morgan fingerprint density at radius 1 is 1.02 bits per heavy atom. The molecule has 0 radical (unpaired) electrons. The molecule has 10 heteroatoms. The van der Waals surface area contributed by atoms with E-state index >= 15 is 0 Å². The van der Waals surface area contributed by atoms with Gasteiger partial charge in [0.25, 0.3) is 11.5 Å². The first-order valence-electron chi connectivity index (χ1n) is 14.7. The number of unbranched alkanes of at least 4 members (excludes halogenated alkanes) is 7. The highest BCUT2D eigenvalue weighted by Gasteiger charge is 2.33. The van der Waals surface area contributed by atoms with E-state index < -0.39 is 5.97 Å². The van der Waals surface area contributed by atoms with Crippen molar-refractivity contribution in [3.63, 3.8) is 0 Å². The van der Waals surface area contributed by atoms with E-state index in [0.29, 0.717) is 27.9 Å². The van der Waals surface area contributed by atoms with Gasteiger partial charge in [-0.15, -0.1) is 0 Å². The fourth-order valence-corrected chi connectivity index (χ4v) is 6.78. The predicted molar refractivity (Wildman–Crippen MR) is 166 cm³/mol. The number of hydrogen-bond acceptors (Lipinski definition) is 7. The summed E-state index contributed by atoms with van der Waals surface area (Å²) in [5.41, 5.74) is 1.24. The normalized spacial score (nSPS) is 17.0. The van der Waals surface area contributed by atoms with Gasteiger partial charge in [0.2, 0.25) is 0 Å². The number of anilines is 1. The van der Waals surface area contributed by atoms with Gasteiger partial charge in [-0.25, -0.2) is 0 Å². The van der Waals surface area contributed by atoms with E-state index in [1.165, 1.54) is 11.8 Å². The zero-order valence-corrected chi connectivity index (χ0v) is 25.5. The van der Waals surface area contributed by atoms with Gasteiger partial charge >= 0.3 is 5.97 Å². The summed E-state index contributed by atoms with van der Waals surface area (Å²) in [4.78, 5) is 41.7. The van der Waals surface area contributed by atoms with Crippen LogP contribution in [0.4, 0.5) is 5.82 Å². The number of rotatable bonds is 14. The molecule has 1 amide bonds. The topological polar surface area (TPSA) is 107 Å². The Kier molecular flexibility index (Phi) is 12.7. The predicted octanol–water partition coefficient (Wildman–Crippen LogP) is 6.23. The second-order valence-electron chi connectivity index (χ2n) is 10.6. The minimum absolute atomic E-state index is 0.109. The molecule has 218 valence electrons. The second kappa shape index (κ2) is 16.0. The van der Waals surface area contributed by atoms with Crippen LogP contribution in [0.3, 0.4) is 0 Å². The first-order valence-corrected chi connectivity index (χ1v) is 15.9. The van der Waals surface area contributed by atoms with Gasteiger partial charge in [-0.05, 0) is 51.2 Å². The Morgan fingerprint density at radius 2 is 1.62 bits per heavy atom. The van der Waals surface area contributed by atoms with Gasteiger partial charge in [0.15, 0.2) is 0 Å². The highest BCUT2D eigenvalue weighted by atomic mass is 32.2. The molecule has 2 fully saturated rings. The third-order valence-corrected chi connectivity index (χ3v) is 9.12. The fourth-order valence-electron chi connectivity index (χ4n) is 5.49. The highest BCUT2D eigenvalue weighted by molar-refractivity contribution is 8.26. The van der Waals surface area contributed by atoms with Crippen LogP contribution in [0.1, 0.15) is 107 Å². The number of nitriles is 1. The number of pyridine rings is 1. The lowest BCUT2D eigenvalue weighted by Crippen LogP contribution is -2.35. The highest BCUT2D eigenvalue weighted by Crippen LogP contribution is 2.36. The zero-order valence-electron chi connectivity index (χ0n) is 23.9. The Morgan fingerprint density at radius 3 is 2.20 bits per heavy atom. The summed E-state index contributed by atoms with van der Waals surface area (Å²) >= 11 is 6.88. The van der Waals surface area contributed by atoms with Crippen molar-refractivity contribution in [2.45, 2.75) is 104 Å². The lowest BCUT2D eigenvalue weighted by Gasteiger charge is -2.29. The van der Waals surface area contributed by atoms with Crippen LogP contribution in [0.25, 0.3) is 6.08 Å². The van der Waals surface area contributed by atoms with Gasteiger partial charge in [0, 0.05) is 38.2 Å². The number of carbonyl (C=O) groups excluding carboxylic acids is 1. The van der Waals surface area contributed by atoms with E-state index in [-0.39, 0.29) is 23.5 Å². The Bertz CT molecular complexity index is 1210. The molecule has 3 heterocycles. The number of nitrogens with zero attached hydrogens (tertiary/aromatic N) is 4. The maximum absolute atomic E-state index is 13.4. The van der Waals surface area contributed by atoms with Gasteiger partial charge in [-0.3, -0.25) is 23.9 Å². The summed E-state index contributed by atoms with van der Waals surface area (Å²) in [7, 11) is 0.